The number of hydrogen-bond donors (Lipinski definition) is 1. The molecule has 3 nitrogen and oxygen atoms in total. The van der Waals surface area contributed by atoms with Gasteiger partial charge in [0.25, 0.3) is 0 Å². The van der Waals surface area contributed by atoms with E-state index in [1.165, 1.54) is 0 Å². The lowest BCUT2D eigenvalue weighted by molar-refractivity contribution is 0.0397. The number of unbranched alkanes of at least 4 members (excludes halogenated alkanes) is 1. The highest BCUT2D eigenvalue weighted by molar-refractivity contribution is 5.35. The van der Waals surface area contributed by atoms with Gasteiger partial charge in [0.1, 0.15) is 0 Å². The number of aliphatic hydroxyl groups excluding tert-OH is 1. The van der Waals surface area contributed by atoms with Crippen LogP contribution in [0.1, 0.15) is 37.3 Å². The molecule has 1 aromatic carbocycles. The van der Waals surface area contributed by atoms with Gasteiger partial charge >= 0.3 is 0 Å². The third kappa shape index (κ3) is 7.96. The van der Waals surface area contributed by atoms with E-state index < -0.39 is 0 Å². The van der Waals surface area contributed by atoms with Crippen molar-refractivity contribution >= 4 is 0 Å². The van der Waals surface area contributed by atoms with Gasteiger partial charge in [0.2, 0.25) is 0 Å². The Morgan fingerprint density at radius 2 is 1.80 bits per heavy atom. The first-order chi connectivity index (χ1) is 9.86. The highest BCUT2D eigenvalue weighted by atomic mass is 16.5. The normalized spacial score (nSPS) is 10.1. The standard InChI is InChI=1S/C17H24O3/c1-2-3-12-19-13-14-20-15-17-9-7-16(8-10-17)6-4-5-11-18/h7-10,18H,2-3,5,11-15H2,1H3. The minimum atomic E-state index is 0.110. The van der Waals surface area contributed by atoms with Gasteiger partial charge in [-0.1, -0.05) is 37.3 Å². The average Bonchev–Trinajstić information content (AvgIpc) is 2.48. The first-order valence-corrected chi connectivity index (χ1v) is 7.21. The molecule has 0 spiro atoms. The molecule has 1 N–H and O–H groups in total. The zero-order valence-corrected chi connectivity index (χ0v) is 12.2. The molecule has 3 heteroatoms. The molecule has 110 valence electrons. The summed E-state index contributed by atoms with van der Waals surface area (Å²) in [6.07, 6.45) is 2.79. The molecule has 0 bridgehead atoms. The molecule has 0 aliphatic carbocycles. The Morgan fingerprint density at radius 1 is 1.05 bits per heavy atom. The summed E-state index contributed by atoms with van der Waals surface area (Å²) >= 11 is 0. The Kier molecular flexibility index (Phi) is 9.60. The van der Waals surface area contributed by atoms with E-state index in [4.69, 9.17) is 14.6 Å². The van der Waals surface area contributed by atoms with Gasteiger partial charge in [-0.05, 0) is 24.1 Å². The highest BCUT2D eigenvalue weighted by Gasteiger charge is 1.94. The summed E-state index contributed by atoms with van der Waals surface area (Å²) in [5.74, 6) is 5.90. The summed E-state index contributed by atoms with van der Waals surface area (Å²) in [4.78, 5) is 0. The molecule has 20 heavy (non-hydrogen) atoms. The predicted octanol–water partition coefficient (Wildman–Crippen LogP) is 2.75. The van der Waals surface area contributed by atoms with Crippen LogP contribution < -0.4 is 0 Å². The van der Waals surface area contributed by atoms with Crippen LogP contribution in [0, 0.1) is 11.8 Å². The van der Waals surface area contributed by atoms with Crippen molar-refractivity contribution in [2.24, 2.45) is 0 Å². The van der Waals surface area contributed by atoms with Gasteiger partial charge in [-0.25, -0.2) is 0 Å². The van der Waals surface area contributed by atoms with Gasteiger partial charge < -0.3 is 14.6 Å². The summed E-state index contributed by atoms with van der Waals surface area (Å²) in [5, 5.41) is 8.65. The molecule has 0 heterocycles. The topological polar surface area (TPSA) is 38.7 Å². The first-order valence-electron chi connectivity index (χ1n) is 7.21. The lowest BCUT2D eigenvalue weighted by Gasteiger charge is -2.05. The Hall–Kier alpha value is -1.34. The molecule has 0 saturated heterocycles. The van der Waals surface area contributed by atoms with Crippen LogP contribution in [0.2, 0.25) is 0 Å². The third-order valence-corrected chi connectivity index (χ3v) is 2.71. The number of rotatable bonds is 9. The van der Waals surface area contributed by atoms with Crippen LogP contribution in [0.3, 0.4) is 0 Å². The van der Waals surface area contributed by atoms with Crippen LogP contribution in [-0.4, -0.2) is 31.5 Å². The minimum absolute atomic E-state index is 0.110. The summed E-state index contributed by atoms with van der Waals surface area (Å²) in [5.41, 5.74) is 2.09. The molecular formula is C17H24O3. The first kappa shape index (κ1) is 16.7. The number of aliphatic hydroxyl groups is 1. The van der Waals surface area contributed by atoms with Crippen molar-refractivity contribution in [1.29, 1.82) is 0 Å². The maximum atomic E-state index is 8.65. The second-order valence-electron chi connectivity index (χ2n) is 4.49. The zero-order valence-electron chi connectivity index (χ0n) is 12.2. The Labute approximate surface area is 121 Å². The molecule has 0 aliphatic rings. The van der Waals surface area contributed by atoms with Crippen molar-refractivity contribution in [2.45, 2.75) is 32.8 Å². The van der Waals surface area contributed by atoms with Crippen molar-refractivity contribution in [3.05, 3.63) is 35.4 Å². The molecule has 0 unspecified atom stereocenters. The van der Waals surface area contributed by atoms with Crippen LogP contribution in [0.25, 0.3) is 0 Å². The summed E-state index contributed by atoms with van der Waals surface area (Å²) < 4.78 is 11.0. The number of hydrogen-bond acceptors (Lipinski definition) is 3. The highest BCUT2D eigenvalue weighted by Crippen LogP contribution is 2.05. The summed E-state index contributed by atoms with van der Waals surface area (Å²) in [7, 11) is 0. The molecule has 0 aromatic heterocycles. The third-order valence-electron chi connectivity index (χ3n) is 2.71. The average molecular weight is 276 g/mol. The molecule has 0 atom stereocenters. The van der Waals surface area contributed by atoms with Gasteiger partial charge in [0, 0.05) is 18.6 Å². The predicted molar refractivity (Wildman–Crippen MR) is 80.4 cm³/mol. The molecule has 1 rings (SSSR count). The Bertz CT molecular complexity index is 400. The van der Waals surface area contributed by atoms with E-state index in [9.17, 15) is 0 Å². The van der Waals surface area contributed by atoms with Gasteiger partial charge in [-0.3, -0.25) is 0 Å². The van der Waals surface area contributed by atoms with Crippen LogP contribution >= 0.6 is 0 Å². The van der Waals surface area contributed by atoms with E-state index in [1.807, 2.05) is 24.3 Å². The van der Waals surface area contributed by atoms with E-state index in [0.717, 1.165) is 30.6 Å². The van der Waals surface area contributed by atoms with Gasteiger partial charge in [-0.2, -0.15) is 0 Å². The monoisotopic (exact) mass is 276 g/mol. The maximum Gasteiger partial charge on any atom is 0.0718 e. The maximum absolute atomic E-state index is 8.65. The van der Waals surface area contributed by atoms with Crippen molar-refractivity contribution in [1.82, 2.24) is 0 Å². The fourth-order valence-corrected chi connectivity index (χ4v) is 1.56. The minimum Gasteiger partial charge on any atom is -0.395 e. The van der Waals surface area contributed by atoms with Gasteiger partial charge in [0.05, 0.1) is 26.4 Å². The largest absolute Gasteiger partial charge is 0.395 e. The zero-order chi connectivity index (χ0) is 14.5. The van der Waals surface area contributed by atoms with E-state index in [0.29, 0.717) is 26.2 Å². The van der Waals surface area contributed by atoms with Crippen LogP contribution in [0.4, 0.5) is 0 Å². The van der Waals surface area contributed by atoms with E-state index in [1.54, 1.807) is 0 Å². The van der Waals surface area contributed by atoms with E-state index in [2.05, 4.69) is 18.8 Å². The van der Waals surface area contributed by atoms with Crippen molar-refractivity contribution < 1.29 is 14.6 Å². The van der Waals surface area contributed by atoms with Gasteiger partial charge in [-0.15, -0.1) is 0 Å². The molecule has 0 amide bonds. The quantitative estimate of drug-likeness (QED) is 0.557. The summed E-state index contributed by atoms with van der Waals surface area (Å²) in [6, 6.07) is 7.98. The molecule has 1 aromatic rings. The molecule has 0 radical (unpaired) electrons. The molecule has 0 aliphatic heterocycles. The molecule has 0 fully saturated rings. The lowest BCUT2D eigenvalue weighted by atomic mass is 10.1. The fraction of sp³-hybridized carbons (Fsp3) is 0.529. The van der Waals surface area contributed by atoms with Crippen LogP contribution in [0.15, 0.2) is 24.3 Å². The number of benzene rings is 1. The van der Waals surface area contributed by atoms with Gasteiger partial charge in [0.15, 0.2) is 0 Å². The Morgan fingerprint density at radius 3 is 2.50 bits per heavy atom. The lowest BCUT2D eigenvalue weighted by Crippen LogP contribution is -2.05. The molecular weight excluding hydrogens is 252 g/mol. The van der Waals surface area contributed by atoms with E-state index >= 15 is 0 Å². The van der Waals surface area contributed by atoms with Crippen LogP contribution in [-0.2, 0) is 16.1 Å². The van der Waals surface area contributed by atoms with Crippen LogP contribution in [0.5, 0.6) is 0 Å². The second-order valence-corrected chi connectivity index (χ2v) is 4.49. The SMILES string of the molecule is CCCCOCCOCc1ccc(C#CCCO)cc1. The smallest absolute Gasteiger partial charge is 0.0718 e. The second kappa shape index (κ2) is 11.5. The summed E-state index contributed by atoms with van der Waals surface area (Å²) in [6.45, 7) is 4.96. The van der Waals surface area contributed by atoms with E-state index in [-0.39, 0.29) is 6.61 Å². The fourth-order valence-electron chi connectivity index (χ4n) is 1.56. The van der Waals surface area contributed by atoms with Crippen molar-refractivity contribution in [3.63, 3.8) is 0 Å². The number of ether oxygens (including phenoxy) is 2. The molecule has 0 saturated carbocycles. The van der Waals surface area contributed by atoms with Crippen molar-refractivity contribution in [2.75, 3.05) is 26.4 Å². The Balaban J connectivity index is 2.17. The van der Waals surface area contributed by atoms with Crippen molar-refractivity contribution in [3.8, 4) is 11.8 Å².